The maximum absolute atomic E-state index is 12.1. The molecule has 1 aromatic rings. The van der Waals surface area contributed by atoms with E-state index in [1.165, 1.54) is 6.42 Å². The molecule has 1 aliphatic carbocycles. The number of carbonyl (C=O) groups excluding carboxylic acids is 1. The fourth-order valence-corrected chi connectivity index (χ4v) is 3.11. The highest BCUT2D eigenvalue weighted by atomic mass is 79.9. The Morgan fingerprint density at radius 1 is 1.30 bits per heavy atom. The molecule has 1 saturated carbocycles. The number of rotatable bonds is 6. The lowest BCUT2D eigenvalue weighted by atomic mass is 9.78. The summed E-state index contributed by atoms with van der Waals surface area (Å²) in [5.41, 5.74) is 0.886. The Hall–Kier alpha value is -1.23. The average molecular weight is 342 g/mol. The van der Waals surface area contributed by atoms with Gasteiger partial charge in [0.25, 0.3) is 0 Å². The number of carbonyl (C=O) groups is 1. The van der Waals surface area contributed by atoms with Gasteiger partial charge < -0.3 is 14.8 Å². The highest BCUT2D eigenvalue weighted by molar-refractivity contribution is 9.09. The van der Waals surface area contributed by atoms with Crippen LogP contribution in [0.4, 0.5) is 0 Å². The van der Waals surface area contributed by atoms with Gasteiger partial charge in [0.2, 0.25) is 5.91 Å². The van der Waals surface area contributed by atoms with Gasteiger partial charge in [0.1, 0.15) is 0 Å². The molecule has 1 fully saturated rings. The van der Waals surface area contributed by atoms with Crippen molar-refractivity contribution in [2.75, 3.05) is 19.5 Å². The van der Waals surface area contributed by atoms with Crippen molar-refractivity contribution < 1.29 is 14.3 Å². The summed E-state index contributed by atoms with van der Waals surface area (Å²) in [6.07, 6.45) is 3.64. The summed E-state index contributed by atoms with van der Waals surface area (Å²) in [6, 6.07) is 5.56. The first-order valence-electron chi connectivity index (χ1n) is 6.70. The molecule has 4 nitrogen and oxygen atoms in total. The van der Waals surface area contributed by atoms with E-state index in [1.54, 1.807) is 14.2 Å². The van der Waals surface area contributed by atoms with Crippen molar-refractivity contribution in [3.63, 3.8) is 0 Å². The highest BCUT2D eigenvalue weighted by Crippen LogP contribution is 2.33. The van der Waals surface area contributed by atoms with Gasteiger partial charge in [-0.05, 0) is 37.0 Å². The zero-order valence-corrected chi connectivity index (χ0v) is 13.5. The first-order valence-corrected chi connectivity index (χ1v) is 7.82. The van der Waals surface area contributed by atoms with Gasteiger partial charge in [-0.15, -0.1) is 0 Å². The molecule has 1 amide bonds. The summed E-state index contributed by atoms with van der Waals surface area (Å²) < 4.78 is 10.4. The van der Waals surface area contributed by atoms with Gasteiger partial charge in [-0.3, -0.25) is 4.79 Å². The maximum atomic E-state index is 12.1. The number of nitrogens with one attached hydrogen (secondary N) is 1. The molecule has 0 spiro atoms. The van der Waals surface area contributed by atoms with Crippen molar-refractivity contribution in [3.05, 3.63) is 23.8 Å². The molecule has 0 aliphatic heterocycles. The fraction of sp³-hybridized carbons (Fsp3) is 0.533. The standard InChI is InChI=1S/C15H20BrNO3/c1-19-12-5-4-11(8-13(12)20-2)9-14(18)17-15(10-16)6-3-7-15/h4-5,8H,3,6-7,9-10H2,1-2H3,(H,17,18). The third-order valence-electron chi connectivity index (χ3n) is 3.78. The van der Waals surface area contributed by atoms with Crippen LogP contribution in [-0.4, -0.2) is 31.0 Å². The van der Waals surface area contributed by atoms with Crippen LogP contribution in [0.25, 0.3) is 0 Å². The Kier molecular flexibility index (Phi) is 4.91. The number of alkyl halides is 1. The molecule has 0 aromatic heterocycles. The third kappa shape index (κ3) is 3.26. The van der Waals surface area contributed by atoms with E-state index < -0.39 is 0 Å². The Morgan fingerprint density at radius 2 is 2.00 bits per heavy atom. The smallest absolute Gasteiger partial charge is 0.224 e. The molecule has 20 heavy (non-hydrogen) atoms. The predicted molar refractivity (Wildman–Crippen MR) is 81.8 cm³/mol. The zero-order chi connectivity index (χ0) is 14.6. The van der Waals surface area contributed by atoms with Crippen LogP contribution in [0.5, 0.6) is 11.5 Å². The minimum Gasteiger partial charge on any atom is -0.493 e. The third-order valence-corrected chi connectivity index (χ3v) is 4.86. The molecule has 0 radical (unpaired) electrons. The number of benzene rings is 1. The Balaban J connectivity index is 2.00. The second-order valence-corrected chi connectivity index (χ2v) is 5.74. The maximum Gasteiger partial charge on any atom is 0.224 e. The van der Waals surface area contributed by atoms with Crippen LogP contribution in [0.1, 0.15) is 24.8 Å². The number of hydrogen-bond donors (Lipinski definition) is 1. The van der Waals surface area contributed by atoms with Crippen molar-refractivity contribution in [2.45, 2.75) is 31.2 Å². The monoisotopic (exact) mass is 341 g/mol. The first-order chi connectivity index (χ1) is 9.62. The molecule has 110 valence electrons. The summed E-state index contributed by atoms with van der Waals surface area (Å²) in [5, 5.41) is 3.95. The number of hydrogen-bond acceptors (Lipinski definition) is 3. The largest absolute Gasteiger partial charge is 0.493 e. The molecule has 0 saturated heterocycles. The molecule has 0 unspecified atom stereocenters. The van der Waals surface area contributed by atoms with Gasteiger partial charge in [-0.1, -0.05) is 22.0 Å². The average Bonchev–Trinajstić information content (AvgIpc) is 2.42. The first kappa shape index (κ1) is 15.2. The quantitative estimate of drug-likeness (QED) is 0.809. The SMILES string of the molecule is COc1ccc(CC(=O)NC2(CBr)CCC2)cc1OC. The summed E-state index contributed by atoms with van der Waals surface area (Å²) in [6.45, 7) is 0. The molecule has 0 bridgehead atoms. The summed E-state index contributed by atoms with van der Waals surface area (Å²) in [4.78, 5) is 12.1. The number of amides is 1. The van der Waals surface area contributed by atoms with Crippen LogP contribution in [0.2, 0.25) is 0 Å². The van der Waals surface area contributed by atoms with Crippen molar-refractivity contribution in [1.82, 2.24) is 5.32 Å². The summed E-state index contributed by atoms with van der Waals surface area (Å²) in [5.74, 6) is 1.38. The second kappa shape index (κ2) is 6.48. The topological polar surface area (TPSA) is 47.6 Å². The van der Waals surface area contributed by atoms with Gasteiger partial charge in [0.15, 0.2) is 11.5 Å². The number of halogens is 1. The van der Waals surface area contributed by atoms with E-state index >= 15 is 0 Å². The van der Waals surface area contributed by atoms with E-state index in [9.17, 15) is 4.79 Å². The Morgan fingerprint density at radius 3 is 2.50 bits per heavy atom. The van der Waals surface area contributed by atoms with Crippen LogP contribution >= 0.6 is 15.9 Å². The van der Waals surface area contributed by atoms with E-state index in [4.69, 9.17) is 9.47 Å². The van der Waals surface area contributed by atoms with Gasteiger partial charge >= 0.3 is 0 Å². The second-order valence-electron chi connectivity index (χ2n) is 5.18. The molecule has 5 heteroatoms. The van der Waals surface area contributed by atoms with Gasteiger partial charge in [0.05, 0.1) is 20.6 Å². The van der Waals surface area contributed by atoms with Crippen molar-refractivity contribution >= 4 is 21.8 Å². The van der Waals surface area contributed by atoms with Crippen molar-refractivity contribution in [1.29, 1.82) is 0 Å². The minimum atomic E-state index is -0.0341. The lowest BCUT2D eigenvalue weighted by Crippen LogP contribution is -2.55. The number of ether oxygens (including phenoxy) is 2. The van der Waals surface area contributed by atoms with Crippen LogP contribution in [-0.2, 0) is 11.2 Å². The fourth-order valence-electron chi connectivity index (χ4n) is 2.41. The van der Waals surface area contributed by atoms with Crippen LogP contribution in [0, 0.1) is 0 Å². The molecular weight excluding hydrogens is 322 g/mol. The lowest BCUT2D eigenvalue weighted by Gasteiger charge is -2.41. The number of methoxy groups -OCH3 is 2. The molecule has 1 N–H and O–H groups in total. The molecule has 2 rings (SSSR count). The van der Waals surface area contributed by atoms with Crippen LogP contribution in [0.3, 0.4) is 0 Å². The lowest BCUT2D eigenvalue weighted by molar-refractivity contribution is -0.123. The van der Waals surface area contributed by atoms with E-state index in [0.29, 0.717) is 17.9 Å². The van der Waals surface area contributed by atoms with Crippen LogP contribution < -0.4 is 14.8 Å². The minimum absolute atomic E-state index is 0.0341. The van der Waals surface area contributed by atoms with E-state index in [1.807, 2.05) is 18.2 Å². The van der Waals surface area contributed by atoms with Crippen LogP contribution in [0.15, 0.2) is 18.2 Å². The molecule has 0 atom stereocenters. The normalized spacial score (nSPS) is 16.1. The van der Waals surface area contributed by atoms with Gasteiger partial charge in [-0.2, -0.15) is 0 Å². The highest BCUT2D eigenvalue weighted by Gasteiger charge is 2.37. The molecule has 1 aliphatic rings. The van der Waals surface area contributed by atoms with Gasteiger partial charge in [-0.25, -0.2) is 0 Å². The Bertz CT molecular complexity index is 480. The van der Waals surface area contributed by atoms with Gasteiger partial charge in [0, 0.05) is 10.9 Å². The molecule has 1 aromatic carbocycles. The predicted octanol–water partition coefficient (Wildman–Crippen LogP) is 2.68. The van der Waals surface area contributed by atoms with Crippen molar-refractivity contribution in [2.24, 2.45) is 0 Å². The van der Waals surface area contributed by atoms with E-state index in [-0.39, 0.29) is 11.4 Å². The van der Waals surface area contributed by atoms with Crippen molar-refractivity contribution in [3.8, 4) is 11.5 Å². The Labute approximate surface area is 128 Å². The van der Waals surface area contributed by atoms with E-state index in [0.717, 1.165) is 23.7 Å². The zero-order valence-electron chi connectivity index (χ0n) is 11.9. The summed E-state index contributed by atoms with van der Waals surface area (Å²) >= 11 is 3.49. The summed E-state index contributed by atoms with van der Waals surface area (Å²) in [7, 11) is 3.19. The molecular formula is C15H20BrNO3. The molecule has 0 heterocycles. The van der Waals surface area contributed by atoms with E-state index in [2.05, 4.69) is 21.2 Å².